The van der Waals surface area contributed by atoms with E-state index in [1.807, 2.05) is 7.05 Å². The van der Waals surface area contributed by atoms with Gasteiger partial charge in [0.1, 0.15) is 0 Å². The van der Waals surface area contributed by atoms with E-state index in [1.54, 1.807) is 0 Å². The Labute approximate surface area is 129 Å². The molecule has 1 atom stereocenters. The van der Waals surface area contributed by atoms with Crippen LogP contribution in [0.5, 0.6) is 0 Å². The summed E-state index contributed by atoms with van der Waals surface area (Å²) in [4.78, 5) is 0. The molecule has 0 radical (unpaired) electrons. The second-order valence-corrected chi connectivity index (χ2v) is 6.04. The largest absolute Gasteiger partial charge is 0.313 e. The van der Waals surface area contributed by atoms with Crippen LogP contribution in [-0.2, 0) is 12.8 Å². The zero-order chi connectivity index (χ0) is 15.2. The first kappa shape index (κ1) is 15.8. The molecule has 2 rings (SSSR count). The van der Waals surface area contributed by atoms with E-state index < -0.39 is 0 Å². The Morgan fingerprint density at radius 2 is 1.33 bits per heavy atom. The third-order valence-electron chi connectivity index (χ3n) is 4.23. The summed E-state index contributed by atoms with van der Waals surface area (Å²) in [5, 5.41) is 3.44. The summed E-state index contributed by atoms with van der Waals surface area (Å²) >= 11 is 0. The first-order valence-corrected chi connectivity index (χ1v) is 7.99. The van der Waals surface area contributed by atoms with E-state index in [9.17, 15) is 0 Å². The fraction of sp³-hybridized carbons (Fsp3) is 0.400. The summed E-state index contributed by atoms with van der Waals surface area (Å²) in [5.41, 5.74) is 5.56. The monoisotopic (exact) mass is 281 g/mol. The van der Waals surface area contributed by atoms with Crippen molar-refractivity contribution < 1.29 is 0 Å². The standard InChI is InChI=1S/C20H27N/c1-5-16-6-8-17(9-7-16)14-20(21-4)19-12-10-18(11-13-19)15(2)3/h6-13,15,20-21H,5,14H2,1-4H3. The lowest BCUT2D eigenvalue weighted by Crippen LogP contribution is -2.18. The number of benzene rings is 2. The van der Waals surface area contributed by atoms with Gasteiger partial charge in [-0.15, -0.1) is 0 Å². The Morgan fingerprint density at radius 1 is 0.810 bits per heavy atom. The van der Waals surface area contributed by atoms with Gasteiger partial charge in [-0.05, 0) is 48.1 Å². The molecular weight excluding hydrogens is 254 g/mol. The Morgan fingerprint density at radius 3 is 1.81 bits per heavy atom. The molecule has 1 heteroatoms. The number of nitrogens with one attached hydrogen (secondary N) is 1. The van der Waals surface area contributed by atoms with Gasteiger partial charge >= 0.3 is 0 Å². The molecular formula is C20H27N. The van der Waals surface area contributed by atoms with Gasteiger partial charge < -0.3 is 5.32 Å². The van der Waals surface area contributed by atoms with Crippen molar-refractivity contribution >= 4 is 0 Å². The van der Waals surface area contributed by atoms with Gasteiger partial charge in [0, 0.05) is 6.04 Å². The van der Waals surface area contributed by atoms with Gasteiger partial charge in [-0.1, -0.05) is 69.3 Å². The van der Waals surface area contributed by atoms with Gasteiger partial charge in [0.2, 0.25) is 0 Å². The van der Waals surface area contributed by atoms with E-state index in [1.165, 1.54) is 22.3 Å². The molecule has 2 aromatic carbocycles. The fourth-order valence-electron chi connectivity index (χ4n) is 2.65. The Hall–Kier alpha value is -1.60. The molecule has 1 unspecified atom stereocenters. The first-order valence-electron chi connectivity index (χ1n) is 7.99. The molecule has 0 aliphatic rings. The molecule has 0 amide bonds. The van der Waals surface area contributed by atoms with Crippen LogP contribution < -0.4 is 5.32 Å². The van der Waals surface area contributed by atoms with Crippen LogP contribution in [0.3, 0.4) is 0 Å². The molecule has 0 saturated heterocycles. The van der Waals surface area contributed by atoms with Crippen LogP contribution in [0, 0.1) is 0 Å². The number of rotatable bonds is 6. The predicted molar refractivity (Wildman–Crippen MR) is 91.9 cm³/mol. The predicted octanol–water partition coefficient (Wildman–Crippen LogP) is 4.88. The minimum Gasteiger partial charge on any atom is -0.313 e. The maximum atomic E-state index is 3.44. The van der Waals surface area contributed by atoms with Crippen LogP contribution in [0.25, 0.3) is 0 Å². The second kappa shape index (κ2) is 7.42. The van der Waals surface area contributed by atoms with Crippen molar-refractivity contribution in [2.24, 2.45) is 0 Å². The SMILES string of the molecule is CCc1ccc(CC(NC)c2ccc(C(C)C)cc2)cc1. The van der Waals surface area contributed by atoms with Gasteiger partial charge in [-0.2, -0.15) is 0 Å². The molecule has 0 saturated carbocycles. The van der Waals surface area contributed by atoms with E-state index in [0.29, 0.717) is 12.0 Å². The highest BCUT2D eigenvalue weighted by atomic mass is 14.9. The summed E-state index contributed by atoms with van der Waals surface area (Å²) in [6, 6.07) is 18.4. The molecule has 0 spiro atoms. The van der Waals surface area contributed by atoms with E-state index in [-0.39, 0.29) is 0 Å². The van der Waals surface area contributed by atoms with Crippen LogP contribution in [-0.4, -0.2) is 7.05 Å². The minimum absolute atomic E-state index is 0.374. The van der Waals surface area contributed by atoms with Gasteiger partial charge in [0.05, 0.1) is 0 Å². The van der Waals surface area contributed by atoms with E-state index in [2.05, 4.69) is 74.6 Å². The number of hydrogen-bond donors (Lipinski definition) is 1. The summed E-state index contributed by atoms with van der Waals surface area (Å²) in [5.74, 6) is 0.591. The lowest BCUT2D eigenvalue weighted by atomic mass is 9.95. The number of aryl methyl sites for hydroxylation is 1. The highest BCUT2D eigenvalue weighted by Gasteiger charge is 2.10. The van der Waals surface area contributed by atoms with Crippen molar-refractivity contribution in [3.63, 3.8) is 0 Å². The highest BCUT2D eigenvalue weighted by molar-refractivity contribution is 5.29. The van der Waals surface area contributed by atoms with Crippen molar-refractivity contribution in [1.82, 2.24) is 5.32 Å². The molecule has 0 aliphatic carbocycles. The Kier molecular flexibility index (Phi) is 5.58. The molecule has 112 valence electrons. The maximum Gasteiger partial charge on any atom is 0.0358 e. The van der Waals surface area contributed by atoms with Crippen LogP contribution in [0.2, 0.25) is 0 Å². The van der Waals surface area contributed by atoms with Gasteiger partial charge in [-0.3, -0.25) is 0 Å². The second-order valence-electron chi connectivity index (χ2n) is 6.04. The van der Waals surface area contributed by atoms with Gasteiger partial charge in [0.15, 0.2) is 0 Å². The average molecular weight is 281 g/mol. The van der Waals surface area contributed by atoms with E-state index in [4.69, 9.17) is 0 Å². The summed E-state index contributed by atoms with van der Waals surface area (Å²) in [7, 11) is 2.04. The quantitative estimate of drug-likeness (QED) is 0.796. The van der Waals surface area contributed by atoms with Crippen LogP contribution in [0.4, 0.5) is 0 Å². The lowest BCUT2D eigenvalue weighted by molar-refractivity contribution is 0.591. The molecule has 0 heterocycles. The van der Waals surface area contributed by atoms with Crippen molar-refractivity contribution in [2.45, 2.75) is 45.6 Å². The average Bonchev–Trinajstić information content (AvgIpc) is 2.53. The number of hydrogen-bond acceptors (Lipinski definition) is 1. The van der Waals surface area contributed by atoms with Crippen molar-refractivity contribution in [1.29, 1.82) is 0 Å². The van der Waals surface area contributed by atoms with Gasteiger partial charge in [-0.25, -0.2) is 0 Å². The van der Waals surface area contributed by atoms with Crippen molar-refractivity contribution in [3.8, 4) is 0 Å². The topological polar surface area (TPSA) is 12.0 Å². The zero-order valence-electron chi connectivity index (χ0n) is 13.7. The van der Waals surface area contributed by atoms with Crippen molar-refractivity contribution in [3.05, 3.63) is 70.8 Å². The van der Waals surface area contributed by atoms with E-state index in [0.717, 1.165) is 12.8 Å². The zero-order valence-corrected chi connectivity index (χ0v) is 13.7. The molecule has 1 nitrogen and oxygen atoms in total. The summed E-state index contributed by atoms with van der Waals surface area (Å²) in [6.07, 6.45) is 2.13. The molecule has 0 bridgehead atoms. The summed E-state index contributed by atoms with van der Waals surface area (Å²) < 4.78 is 0. The molecule has 0 aromatic heterocycles. The fourth-order valence-corrected chi connectivity index (χ4v) is 2.65. The third kappa shape index (κ3) is 4.18. The molecule has 1 N–H and O–H groups in total. The van der Waals surface area contributed by atoms with E-state index >= 15 is 0 Å². The lowest BCUT2D eigenvalue weighted by Gasteiger charge is -2.18. The first-order chi connectivity index (χ1) is 10.1. The molecule has 2 aromatic rings. The smallest absolute Gasteiger partial charge is 0.0358 e. The molecule has 21 heavy (non-hydrogen) atoms. The van der Waals surface area contributed by atoms with Gasteiger partial charge in [0.25, 0.3) is 0 Å². The molecule has 0 fully saturated rings. The van der Waals surface area contributed by atoms with Crippen LogP contribution >= 0.6 is 0 Å². The molecule has 0 aliphatic heterocycles. The Balaban J connectivity index is 2.11. The third-order valence-corrected chi connectivity index (χ3v) is 4.23. The van der Waals surface area contributed by atoms with Crippen LogP contribution in [0.15, 0.2) is 48.5 Å². The minimum atomic E-state index is 0.374. The summed E-state index contributed by atoms with van der Waals surface area (Å²) in [6.45, 7) is 6.67. The van der Waals surface area contributed by atoms with Crippen LogP contribution in [0.1, 0.15) is 55.0 Å². The maximum absolute atomic E-state index is 3.44. The Bertz CT molecular complexity index is 537. The normalized spacial score (nSPS) is 12.6. The number of likely N-dealkylation sites (N-methyl/N-ethyl adjacent to an activating group) is 1. The van der Waals surface area contributed by atoms with Crippen molar-refractivity contribution in [2.75, 3.05) is 7.05 Å². The highest BCUT2D eigenvalue weighted by Crippen LogP contribution is 2.21.